The second-order valence-corrected chi connectivity index (χ2v) is 5.30. The third-order valence-electron chi connectivity index (χ3n) is 3.57. The Balaban J connectivity index is 0.00000200. The number of nitrogens with two attached hydrogens (primary N) is 1. The molecule has 1 fully saturated rings. The Labute approximate surface area is 126 Å². The summed E-state index contributed by atoms with van der Waals surface area (Å²) in [5, 5.41) is 0. The SMILES string of the molecule is Cc1cc(C)cc(N(C)C(=O)[C@@H]2CC[C@H](CN)O2)c1.Cl. The number of hydrogen-bond donors (Lipinski definition) is 1. The van der Waals surface area contributed by atoms with Gasteiger partial charge in [-0.15, -0.1) is 12.4 Å². The maximum Gasteiger partial charge on any atom is 0.255 e. The van der Waals surface area contributed by atoms with Crippen molar-refractivity contribution in [3.05, 3.63) is 29.3 Å². The summed E-state index contributed by atoms with van der Waals surface area (Å²) in [5.74, 6) is 0.0148. The van der Waals surface area contributed by atoms with Gasteiger partial charge in [-0.2, -0.15) is 0 Å². The van der Waals surface area contributed by atoms with Crippen LogP contribution in [0.4, 0.5) is 5.69 Å². The maximum atomic E-state index is 12.4. The van der Waals surface area contributed by atoms with Gasteiger partial charge in [-0.1, -0.05) is 6.07 Å². The van der Waals surface area contributed by atoms with Gasteiger partial charge in [0.2, 0.25) is 0 Å². The van der Waals surface area contributed by atoms with E-state index in [0.717, 1.165) is 29.7 Å². The lowest BCUT2D eigenvalue weighted by Crippen LogP contribution is -2.37. The molecule has 1 amide bonds. The first kappa shape index (κ1) is 17.0. The smallest absolute Gasteiger partial charge is 0.255 e. The molecule has 0 aromatic heterocycles. The first-order valence-corrected chi connectivity index (χ1v) is 6.72. The van der Waals surface area contributed by atoms with Gasteiger partial charge in [-0.25, -0.2) is 0 Å². The molecule has 1 aromatic carbocycles. The van der Waals surface area contributed by atoms with E-state index in [1.807, 2.05) is 26.0 Å². The van der Waals surface area contributed by atoms with Crippen LogP contribution < -0.4 is 10.6 Å². The topological polar surface area (TPSA) is 55.6 Å². The fourth-order valence-corrected chi connectivity index (χ4v) is 2.55. The zero-order chi connectivity index (χ0) is 14.0. The summed E-state index contributed by atoms with van der Waals surface area (Å²) < 4.78 is 5.66. The molecular weight excluding hydrogens is 276 g/mol. The number of rotatable bonds is 3. The number of nitrogens with zero attached hydrogens (tertiary/aromatic N) is 1. The highest BCUT2D eigenvalue weighted by Gasteiger charge is 2.32. The van der Waals surface area contributed by atoms with Crippen molar-refractivity contribution < 1.29 is 9.53 Å². The molecule has 0 aliphatic carbocycles. The highest BCUT2D eigenvalue weighted by molar-refractivity contribution is 5.96. The molecule has 0 unspecified atom stereocenters. The summed E-state index contributed by atoms with van der Waals surface area (Å²) in [6, 6.07) is 6.12. The Hall–Kier alpha value is -1.10. The molecule has 1 aliphatic heterocycles. The highest BCUT2D eigenvalue weighted by atomic mass is 35.5. The third kappa shape index (κ3) is 3.72. The van der Waals surface area contributed by atoms with Crippen molar-refractivity contribution in [1.82, 2.24) is 0 Å². The molecule has 0 spiro atoms. The summed E-state index contributed by atoms with van der Waals surface area (Å²) in [4.78, 5) is 14.1. The fourth-order valence-electron chi connectivity index (χ4n) is 2.55. The second kappa shape index (κ2) is 7.07. The van der Waals surface area contributed by atoms with Crippen molar-refractivity contribution in [1.29, 1.82) is 0 Å². The number of likely N-dealkylation sites (N-methyl/N-ethyl adjacent to an activating group) is 1. The van der Waals surface area contributed by atoms with Gasteiger partial charge < -0.3 is 15.4 Å². The van der Waals surface area contributed by atoms with Gasteiger partial charge in [0.15, 0.2) is 0 Å². The van der Waals surface area contributed by atoms with E-state index in [9.17, 15) is 4.79 Å². The van der Waals surface area contributed by atoms with Crippen LogP contribution in [0.2, 0.25) is 0 Å². The van der Waals surface area contributed by atoms with Gasteiger partial charge in [0.25, 0.3) is 5.91 Å². The number of carbonyl (C=O) groups is 1. The Morgan fingerprint density at radius 2 is 1.90 bits per heavy atom. The van der Waals surface area contributed by atoms with Gasteiger partial charge in [0.05, 0.1) is 6.10 Å². The Morgan fingerprint density at radius 1 is 1.30 bits per heavy atom. The van der Waals surface area contributed by atoms with E-state index in [1.165, 1.54) is 0 Å². The molecule has 1 heterocycles. The Kier molecular flexibility index (Phi) is 5.99. The Bertz CT molecular complexity index is 459. The molecule has 0 bridgehead atoms. The Morgan fingerprint density at radius 3 is 2.40 bits per heavy atom. The molecule has 5 heteroatoms. The predicted molar refractivity (Wildman–Crippen MR) is 83.5 cm³/mol. The molecule has 2 atom stereocenters. The molecule has 4 nitrogen and oxygen atoms in total. The molecule has 1 saturated heterocycles. The van der Waals surface area contributed by atoms with E-state index in [1.54, 1.807) is 11.9 Å². The number of anilines is 1. The number of aryl methyl sites for hydroxylation is 2. The van der Waals surface area contributed by atoms with Gasteiger partial charge in [0, 0.05) is 19.3 Å². The summed E-state index contributed by atoms with van der Waals surface area (Å²) in [7, 11) is 1.80. The summed E-state index contributed by atoms with van der Waals surface area (Å²) in [6.07, 6.45) is 1.31. The molecule has 112 valence electrons. The van der Waals surface area contributed by atoms with Crippen LogP contribution in [0.5, 0.6) is 0 Å². The van der Waals surface area contributed by atoms with Crippen molar-refractivity contribution >= 4 is 24.0 Å². The van der Waals surface area contributed by atoms with Gasteiger partial charge >= 0.3 is 0 Å². The fraction of sp³-hybridized carbons (Fsp3) is 0.533. The minimum atomic E-state index is -0.348. The van der Waals surface area contributed by atoms with E-state index in [2.05, 4.69) is 6.07 Å². The van der Waals surface area contributed by atoms with Crippen LogP contribution in [0.3, 0.4) is 0 Å². The van der Waals surface area contributed by atoms with Crippen LogP contribution in [-0.2, 0) is 9.53 Å². The number of hydrogen-bond acceptors (Lipinski definition) is 3. The highest BCUT2D eigenvalue weighted by Crippen LogP contribution is 2.24. The molecule has 1 aliphatic rings. The first-order valence-electron chi connectivity index (χ1n) is 6.72. The third-order valence-corrected chi connectivity index (χ3v) is 3.57. The second-order valence-electron chi connectivity index (χ2n) is 5.30. The quantitative estimate of drug-likeness (QED) is 0.931. The monoisotopic (exact) mass is 298 g/mol. The molecule has 1 aromatic rings. The first-order chi connectivity index (χ1) is 9.01. The van der Waals surface area contributed by atoms with E-state index < -0.39 is 0 Å². The molecule has 0 saturated carbocycles. The summed E-state index contributed by atoms with van der Waals surface area (Å²) in [6.45, 7) is 4.55. The van der Waals surface area contributed by atoms with E-state index in [-0.39, 0.29) is 30.5 Å². The zero-order valence-corrected chi connectivity index (χ0v) is 13.1. The van der Waals surface area contributed by atoms with E-state index in [4.69, 9.17) is 10.5 Å². The van der Waals surface area contributed by atoms with Crippen LogP contribution in [0.15, 0.2) is 18.2 Å². The lowest BCUT2D eigenvalue weighted by Gasteiger charge is -2.22. The maximum absolute atomic E-state index is 12.4. The number of halogens is 1. The molecule has 2 N–H and O–H groups in total. The lowest BCUT2D eigenvalue weighted by molar-refractivity contribution is -0.128. The van der Waals surface area contributed by atoms with E-state index in [0.29, 0.717) is 6.54 Å². The standard InChI is InChI=1S/C15H22N2O2.ClH/c1-10-6-11(2)8-12(7-10)17(3)15(18)14-5-4-13(9-16)19-14;/h6-8,13-14H,4-5,9,16H2,1-3H3;1H/t13-,14+;/m1./s1. The van der Waals surface area contributed by atoms with Crippen molar-refractivity contribution in [2.75, 3.05) is 18.5 Å². The van der Waals surface area contributed by atoms with E-state index >= 15 is 0 Å². The van der Waals surface area contributed by atoms with Gasteiger partial charge in [-0.3, -0.25) is 4.79 Å². The number of amides is 1. The van der Waals surface area contributed by atoms with Gasteiger partial charge in [-0.05, 0) is 49.9 Å². The molecule has 20 heavy (non-hydrogen) atoms. The van der Waals surface area contributed by atoms with Crippen molar-refractivity contribution in [2.24, 2.45) is 5.73 Å². The zero-order valence-electron chi connectivity index (χ0n) is 12.3. The van der Waals surface area contributed by atoms with Crippen molar-refractivity contribution in [2.45, 2.75) is 38.9 Å². The van der Waals surface area contributed by atoms with Gasteiger partial charge in [0.1, 0.15) is 6.10 Å². The number of ether oxygens (including phenoxy) is 1. The minimum Gasteiger partial charge on any atom is -0.364 e. The summed E-state index contributed by atoms with van der Waals surface area (Å²) in [5.41, 5.74) is 8.80. The van der Waals surface area contributed by atoms with Crippen LogP contribution in [-0.4, -0.2) is 31.7 Å². The number of benzene rings is 1. The molecule has 0 radical (unpaired) electrons. The van der Waals surface area contributed by atoms with Crippen LogP contribution in [0.25, 0.3) is 0 Å². The van der Waals surface area contributed by atoms with Crippen molar-refractivity contribution in [3.8, 4) is 0 Å². The van der Waals surface area contributed by atoms with Crippen molar-refractivity contribution in [3.63, 3.8) is 0 Å². The largest absolute Gasteiger partial charge is 0.364 e. The lowest BCUT2D eigenvalue weighted by atomic mass is 10.1. The van der Waals surface area contributed by atoms with Crippen LogP contribution >= 0.6 is 12.4 Å². The minimum absolute atomic E-state index is 0. The summed E-state index contributed by atoms with van der Waals surface area (Å²) >= 11 is 0. The molecular formula is C15H23ClN2O2. The predicted octanol–water partition coefficient (Wildman–Crippen LogP) is 2.19. The average Bonchev–Trinajstić information content (AvgIpc) is 2.84. The van der Waals surface area contributed by atoms with Crippen LogP contribution in [0, 0.1) is 13.8 Å². The normalized spacial score (nSPS) is 21.4. The average molecular weight is 299 g/mol. The van der Waals surface area contributed by atoms with Crippen LogP contribution in [0.1, 0.15) is 24.0 Å². The number of carbonyl (C=O) groups excluding carboxylic acids is 1. The molecule has 2 rings (SSSR count).